The summed E-state index contributed by atoms with van der Waals surface area (Å²) in [5, 5.41) is 0. The van der Waals surface area contributed by atoms with Gasteiger partial charge in [-0.05, 0) is 37.0 Å². The number of hydrogen-bond donors (Lipinski definition) is 0. The van der Waals surface area contributed by atoms with Gasteiger partial charge in [0.1, 0.15) is 0 Å². The fourth-order valence-corrected chi connectivity index (χ4v) is 2.43. The normalized spacial score (nSPS) is 20.4. The van der Waals surface area contributed by atoms with Crippen molar-refractivity contribution < 1.29 is 0 Å². The van der Waals surface area contributed by atoms with Gasteiger partial charge >= 0.3 is 0 Å². The summed E-state index contributed by atoms with van der Waals surface area (Å²) in [4.78, 5) is 0. The molecule has 1 aliphatic rings. The van der Waals surface area contributed by atoms with E-state index in [2.05, 4.69) is 26.5 Å². The Kier molecular flexibility index (Phi) is 4.71. The van der Waals surface area contributed by atoms with Crippen LogP contribution in [0.1, 0.15) is 65.2 Å². The second kappa shape index (κ2) is 5.58. The van der Waals surface area contributed by atoms with Crippen molar-refractivity contribution in [3.05, 3.63) is 12.7 Å². The highest BCUT2D eigenvalue weighted by Crippen LogP contribution is 2.54. The molecule has 0 amide bonds. The second-order valence-electron chi connectivity index (χ2n) is 5.23. The van der Waals surface area contributed by atoms with E-state index in [1.807, 2.05) is 0 Å². The summed E-state index contributed by atoms with van der Waals surface area (Å²) in [6.07, 6.45) is 13.6. The van der Waals surface area contributed by atoms with Crippen LogP contribution in [0.15, 0.2) is 12.7 Å². The molecule has 0 heteroatoms. The zero-order valence-electron chi connectivity index (χ0n) is 10.0. The van der Waals surface area contributed by atoms with Crippen LogP contribution in [-0.2, 0) is 0 Å². The van der Waals surface area contributed by atoms with Crippen LogP contribution in [0, 0.1) is 11.3 Å². The molecule has 0 aromatic heterocycles. The van der Waals surface area contributed by atoms with Gasteiger partial charge in [-0.25, -0.2) is 0 Å². The zero-order valence-corrected chi connectivity index (χ0v) is 10.0. The molecule has 0 spiro atoms. The Balaban J connectivity index is 2.12. The van der Waals surface area contributed by atoms with E-state index in [1.165, 1.54) is 51.4 Å². The Bertz CT molecular complexity index is 165. The third-order valence-corrected chi connectivity index (χ3v) is 3.68. The minimum Gasteiger partial charge on any atom is -0.103 e. The fourth-order valence-electron chi connectivity index (χ4n) is 2.43. The van der Waals surface area contributed by atoms with E-state index in [4.69, 9.17) is 0 Å². The van der Waals surface area contributed by atoms with E-state index in [-0.39, 0.29) is 0 Å². The maximum atomic E-state index is 3.88. The summed E-state index contributed by atoms with van der Waals surface area (Å²) in [7, 11) is 0. The lowest BCUT2D eigenvalue weighted by Crippen LogP contribution is -2.05. The van der Waals surface area contributed by atoms with Crippen LogP contribution >= 0.6 is 0 Å². The first kappa shape index (κ1) is 11.8. The summed E-state index contributed by atoms with van der Waals surface area (Å²) >= 11 is 0. The van der Waals surface area contributed by atoms with Crippen molar-refractivity contribution in [3.8, 4) is 0 Å². The van der Waals surface area contributed by atoms with Crippen molar-refractivity contribution >= 4 is 0 Å². The SMILES string of the molecule is C=CC(C)CC1(CCCCCC)CC1. The van der Waals surface area contributed by atoms with E-state index in [0.717, 1.165) is 11.3 Å². The molecule has 0 aliphatic heterocycles. The molecule has 0 aromatic rings. The van der Waals surface area contributed by atoms with Crippen LogP contribution in [0.25, 0.3) is 0 Å². The molecule has 0 saturated heterocycles. The second-order valence-corrected chi connectivity index (χ2v) is 5.23. The average molecular weight is 194 g/mol. The summed E-state index contributed by atoms with van der Waals surface area (Å²) in [6, 6.07) is 0. The molecule has 0 aromatic carbocycles. The molecule has 0 nitrogen and oxygen atoms in total. The third-order valence-electron chi connectivity index (χ3n) is 3.68. The van der Waals surface area contributed by atoms with Crippen LogP contribution in [0.3, 0.4) is 0 Å². The van der Waals surface area contributed by atoms with Gasteiger partial charge in [-0.3, -0.25) is 0 Å². The van der Waals surface area contributed by atoms with E-state index in [1.54, 1.807) is 0 Å². The fraction of sp³-hybridized carbons (Fsp3) is 0.857. The summed E-state index contributed by atoms with van der Waals surface area (Å²) in [5.41, 5.74) is 0.751. The molecule has 0 bridgehead atoms. The Morgan fingerprint density at radius 3 is 2.50 bits per heavy atom. The molecule has 82 valence electrons. The monoisotopic (exact) mass is 194 g/mol. The van der Waals surface area contributed by atoms with Crippen molar-refractivity contribution in [2.45, 2.75) is 65.2 Å². The van der Waals surface area contributed by atoms with Crippen molar-refractivity contribution in [3.63, 3.8) is 0 Å². The third kappa shape index (κ3) is 3.86. The van der Waals surface area contributed by atoms with Gasteiger partial charge in [0.15, 0.2) is 0 Å². The molecule has 1 rings (SSSR count). The molecule has 0 radical (unpaired) electrons. The van der Waals surface area contributed by atoms with Gasteiger partial charge < -0.3 is 0 Å². The van der Waals surface area contributed by atoms with Crippen molar-refractivity contribution in [2.24, 2.45) is 11.3 Å². The molecule has 1 unspecified atom stereocenters. The highest BCUT2D eigenvalue weighted by atomic mass is 14.5. The molecule has 14 heavy (non-hydrogen) atoms. The van der Waals surface area contributed by atoms with Gasteiger partial charge in [0, 0.05) is 0 Å². The molecule has 0 N–H and O–H groups in total. The van der Waals surface area contributed by atoms with Crippen molar-refractivity contribution in [1.29, 1.82) is 0 Å². The highest BCUT2D eigenvalue weighted by Gasteiger charge is 2.41. The van der Waals surface area contributed by atoms with Crippen LogP contribution in [0.2, 0.25) is 0 Å². The lowest BCUT2D eigenvalue weighted by atomic mass is 9.88. The first-order valence-corrected chi connectivity index (χ1v) is 6.35. The smallest absolute Gasteiger partial charge is 0.0259 e. The van der Waals surface area contributed by atoms with E-state index in [0.29, 0.717) is 0 Å². The first-order valence-electron chi connectivity index (χ1n) is 6.35. The molecular formula is C14H26. The highest BCUT2D eigenvalue weighted by molar-refractivity contribution is 4.96. The lowest BCUT2D eigenvalue weighted by Gasteiger charge is -2.17. The molecule has 0 heterocycles. The number of rotatable bonds is 8. The van der Waals surface area contributed by atoms with Gasteiger partial charge in [0.2, 0.25) is 0 Å². The van der Waals surface area contributed by atoms with E-state index in [9.17, 15) is 0 Å². The zero-order chi connectivity index (χ0) is 10.4. The molecule has 1 saturated carbocycles. The van der Waals surface area contributed by atoms with Crippen LogP contribution < -0.4 is 0 Å². The largest absolute Gasteiger partial charge is 0.103 e. The number of hydrogen-bond acceptors (Lipinski definition) is 0. The molecule has 1 atom stereocenters. The van der Waals surface area contributed by atoms with Crippen molar-refractivity contribution in [1.82, 2.24) is 0 Å². The predicted molar refractivity (Wildman–Crippen MR) is 64.4 cm³/mol. The van der Waals surface area contributed by atoms with Crippen molar-refractivity contribution in [2.75, 3.05) is 0 Å². The quantitative estimate of drug-likeness (QED) is 0.379. The molecule has 1 aliphatic carbocycles. The maximum Gasteiger partial charge on any atom is -0.0259 e. The topological polar surface area (TPSA) is 0 Å². The Labute approximate surface area is 89.8 Å². The van der Waals surface area contributed by atoms with Crippen LogP contribution in [0.5, 0.6) is 0 Å². The predicted octanol–water partition coefficient (Wildman–Crippen LogP) is 4.95. The number of allylic oxidation sites excluding steroid dienone is 1. The van der Waals surface area contributed by atoms with Gasteiger partial charge in [-0.1, -0.05) is 45.6 Å². The van der Waals surface area contributed by atoms with Gasteiger partial charge in [-0.2, -0.15) is 0 Å². The molecule has 1 fully saturated rings. The minimum absolute atomic E-state index is 0.726. The first-order chi connectivity index (χ1) is 6.72. The molecular weight excluding hydrogens is 168 g/mol. The maximum absolute atomic E-state index is 3.88. The van der Waals surface area contributed by atoms with Gasteiger partial charge in [-0.15, -0.1) is 6.58 Å². The summed E-state index contributed by atoms with van der Waals surface area (Å²) in [6.45, 7) is 8.47. The Morgan fingerprint density at radius 1 is 1.29 bits per heavy atom. The van der Waals surface area contributed by atoms with E-state index >= 15 is 0 Å². The Hall–Kier alpha value is -0.260. The summed E-state index contributed by atoms with van der Waals surface area (Å²) in [5.74, 6) is 0.726. The lowest BCUT2D eigenvalue weighted by molar-refractivity contribution is 0.367. The van der Waals surface area contributed by atoms with Gasteiger partial charge in [0.25, 0.3) is 0 Å². The Morgan fingerprint density at radius 2 is 2.00 bits per heavy atom. The minimum atomic E-state index is 0.726. The van der Waals surface area contributed by atoms with E-state index < -0.39 is 0 Å². The van der Waals surface area contributed by atoms with Gasteiger partial charge in [0.05, 0.1) is 0 Å². The number of unbranched alkanes of at least 4 members (excludes halogenated alkanes) is 3. The van der Waals surface area contributed by atoms with Crippen LogP contribution in [0.4, 0.5) is 0 Å². The van der Waals surface area contributed by atoms with Crippen LogP contribution in [-0.4, -0.2) is 0 Å². The average Bonchev–Trinajstić information content (AvgIpc) is 2.93. The standard InChI is InChI=1S/C14H26/c1-4-6-7-8-9-14(10-11-14)12-13(3)5-2/h5,13H,2,4,6-12H2,1,3H3. The summed E-state index contributed by atoms with van der Waals surface area (Å²) < 4.78 is 0.